The van der Waals surface area contributed by atoms with Gasteiger partial charge >= 0.3 is 0 Å². The quantitative estimate of drug-likeness (QED) is 0.0886. The van der Waals surface area contributed by atoms with Crippen LogP contribution in [0.25, 0.3) is 0 Å². The van der Waals surface area contributed by atoms with Gasteiger partial charge in [-0.25, -0.2) is 0 Å². The van der Waals surface area contributed by atoms with Gasteiger partial charge in [-0.15, -0.1) is 0 Å². The number of ether oxygens (including phenoxy) is 3. The standard InChI is InChI=1S/C18H35O17/c19-1-5(21)9(23)13(27)15(29)17(31)34-3-7-11(25)12(26)8(4-33-7)35-18(32)16(30)14(28)10(24)6(22)2-20/h4-32H,1-3H2/t5-,6-,7-,8+,9-,10-,11-,12-,13+,14+,15+,16+,17?,18?/m1/s1. The molecule has 1 radical (unpaired) electrons. The van der Waals surface area contributed by atoms with E-state index in [1.807, 2.05) is 0 Å². The minimum atomic E-state index is -2.27. The van der Waals surface area contributed by atoms with Crippen LogP contribution < -0.4 is 0 Å². The zero-order valence-corrected chi connectivity index (χ0v) is 18.3. The minimum absolute atomic E-state index is 0.708. The molecule has 2 unspecified atom stereocenters. The van der Waals surface area contributed by atoms with Crippen molar-refractivity contribution >= 4 is 0 Å². The molecule has 17 nitrogen and oxygen atoms in total. The van der Waals surface area contributed by atoms with Crippen LogP contribution in [0.5, 0.6) is 0 Å². The first-order valence-electron chi connectivity index (χ1n) is 10.4. The van der Waals surface area contributed by atoms with E-state index in [4.69, 9.17) is 24.4 Å². The molecule has 0 bridgehead atoms. The molecule has 14 atom stereocenters. The second-order valence-corrected chi connectivity index (χ2v) is 7.95. The molecule has 0 aromatic rings. The van der Waals surface area contributed by atoms with E-state index in [0.29, 0.717) is 0 Å². The highest BCUT2D eigenvalue weighted by Gasteiger charge is 2.43. The van der Waals surface area contributed by atoms with Crippen LogP contribution in [0.2, 0.25) is 0 Å². The molecule has 1 aliphatic rings. The van der Waals surface area contributed by atoms with Gasteiger partial charge in [-0.2, -0.15) is 0 Å². The Morgan fingerprint density at radius 3 is 1.54 bits per heavy atom. The van der Waals surface area contributed by atoms with Gasteiger partial charge in [-0.1, -0.05) is 0 Å². The lowest BCUT2D eigenvalue weighted by Gasteiger charge is -2.39. The first kappa shape index (κ1) is 32.3. The maximum absolute atomic E-state index is 10.2. The van der Waals surface area contributed by atoms with Crippen LogP contribution >= 0.6 is 0 Å². The molecular weight excluding hydrogens is 488 g/mol. The third-order valence-electron chi connectivity index (χ3n) is 5.33. The monoisotopic (exact) mass is 523 g/mol. The van der Waals surface area contributed by atoms with Crippen molar-refractivity contribution < 1.29 is 85.7 Å². The number of hydrogen-bond donors (Lipinski definition) is 14. The lowest BCUT2D eigenvalue weighted by Crippen LogP contribution is -2.57. The van der Waals surface area contributed by atoms with Crippen LogP contribution in [0, 0.1) is 6.61 Å². The Labute approximate surface area is 198 Å². The molecule has 0 aromatic carbocycles. The SMILES string of the molecule is OC[C@@H](O)[C@@H](O)[C@H](O)[C@H](O)C(O)OC[C@H]1O[CH][C@H](OC(O)[C@@H](O)[C@@H](O)[C@H](O)[C@H](O)CO)[C@@H](O)[C@@H]1O. The zero-order chi connectivity index (χ0) is 27.0. The van der Waals surface area contributed by atoms with Crippen molar-refractivity contribution in [2.24, 2.45) is 0 Å². The Hall–Kier alpha value is -0.680. The van der Waals surface area contributed by atoms with Gasteiger partial charge in [0.05, 0.1) is 19.8 Å². The van der Waals surface area contributed by atoms with Crippen molar-refractivity contribution in [3.63, 3.8) is 0 Å². The van der Waals surface area contributed by atoms with Gasteiger partial charge in [0.15, 0.2) is 12.6 Å². The van der Waals surface area contributed by atoms with E-state index in [1.54, 1.807) is 0 Å². The zero-order valence-electron chi connectivity index (χ0n) is 18.3. The highest BCUT2D eigenvalue weighted by atomic mass is 16.7. The van der Waals surface area contributed by atoms with Crippen molar-refractivity contribution in [2.45, 2.75) is 85.8 Å². The molecule has 209 valence electrons. The molecule has 1 fully saturated rings. The van der Waals surface area contributed by atoms with Gasteiger partial charge in [-0.05, 0) is 0 Å². The summed E-state index contributed by atoms with van der Waals surface area (Å²) in [4.78, 5) is 0. The van der Waals surface area contributed by atoms with E-state index in [9.17, 15) is 61.3 Å². The second-order valence-electron chi connectivity index (χ2n) is 7.95. The predicted octanol–water partition coefficient (Wildman–Crippen LogP) is -8.82. The van der Waals surface area contributed by atoms with E-state index in [-0.39, 0.29) is 0 Å². The van der Waals surface area contributed by atoms with Crippen molar-refractivity contribution in [2.75, 3.05) is 19.8 Å². The van der Waals surface area contributed by atoms with Gasteiger partial charge in [0.25, 0.3) is 0 Å². The first-order chi connectivity index (χ1) is 16.3. The average molecular weight is 523 g/mol. The maximum atomic E-state index is 10.2. The smallest absolute Gasteiger partial charge is 0.184 e. The fraction of sp³-hybridized carbons (Fsp3) is 0.944. The van der Waals surface area contributed by atoms with E-state index in [2.05, 4.69) is 0 Å². The predicted molar refractivity (Wildman–Crippen MR) is 106 cm³/mol. The summed E-state index contributed by atoms with van der Waals surface area (Å²) in [6.07, 6.45) is -27.6. The Kier molecular flexibility index (Phi) is 13.8. The normalized spacial score (nSPS) is 32.1. The summed E-state index contributed by atoms with van der Waals surface area (Å²) in [6.45, 7) is -1.86. The molecule has 1 aliphatic heterocycles. The van der Waals surface area contributed by atoms with Crippen LogP contribution in [-0.2, 0) is 14.2 Å². The van der Waals surface area contributed by atoms with Crippen LogP contribution in [0.3, 0.4) is 0 Å². The molecule has 0 aromatic heterocycles. The molecular formula is C18H35O17. The van der Waals surface area contributed by atoms with E-state index >= 15 is 0 Å². The second kappa shape index (κ2) is 14.9. The number of aliphatic hydroxyl groups is 14. The van der Waals surface area contributed by atoms with Gasteiger partial charge in [-0.3, -0.25) is 0 Å². The van der Waals surface area contributed by atoms with Crippen LogP contribution in [0.15, 0.2) is 0 Å². The molecule has 35 heavy (non-hydrogen) atoms. The lowest BCUT2D eigenvalue weighted by atomic mass is 9.99. The third-order valence-corrected chi connectivity index (χ3v) is 5.33. The third kappa shape index (κ3) is 8.69. The summed E-state index contributed by atoms with van der Waals surface area (Å²) >= 11 is 0. The summed E-state index contributed by atoms with van der Waals surface area (Å²) in [5.74, 6) is 0. The molecule has 0 saturated carbocycles. The first-order valence-corrected chi connectivity index (χ1v) is 10.4. The van der Waals surface area contributed by atoms with Crippen LogP contribution in [-0.4, -0.2) is 177 Å². The van der Waals surface area contributed by atoms with Crippen LogP contribution in [0.4, 0.5) is 0 Å². The highest BCUT2D eigenvalue weighted by molar-refractivity contribution is 4.94. The Balaban J connectivity index is 2.60. The Morgan fingerprint density at radius 2 is 1.09 bits per heavy atom. The summed E-state index contributed by atoms with van der Waals surface area (Å²) in [7, 11) is 0. The van der Waals surface area contributed by atoms with Crippen molar-refractivity contribution in [1.29, 1.82) is 0 Å². The van der Waals surface area contributed by atoms with Crippen molar-refractivity contribution in [3.8, 4) is 0 Å². The number of aliphatic hydroxyl groups excluding tert-OH is 14. The summed E-state index contributed by atoms with van der Waals surface area (Å²) < 4.78 is 14.8. The van der Waals surface area contributed by atoms with Crippen molar-refractivity contribution in [1.82, 2.24) is 0 Å². The fourth-order valence-corrected chi connectivity index (χ4v) is 2.95. The maximum Gasteiger partial charge on any atom is 0.184 e. The number of hydrogen-bond acceptors (Lipinski definition) is 17. The number of rotatable bonds is 15. The lowest BCUT2D eigenvalue weighted by molar-refractivity contribution is -0.271. The molecule has 17 heteroatoms. The summed E-state index contributed by atoms with van der Waals surface area (Å²) in [6, 6.07) is 0. The molecule has 14 N–H and O–H groups in total. The molecule has 0 aliphatic carbocycles. The van der Waals surface area contributed by atoms with Gasteiger partial charge in [0, 0.05) is 0 Å². The summed E-state index contributed by atoms with van der Waals surface area (Å²) in [5.41, 5.74) is 0. The van der Waals surface area contributed by atoms with E-state index < -0.39 is 106 Å². The topological polar surface area (TPSA) is 311 Å². The van der Waals surface area contributed by atoms with Gasteiger partial charge in [0.1, 0.15) is 79.9 Å². The molecule has 1 rings (SSSR count). The van der Waals surface area contributed by atoms with Gasteiger partial charge < -0.3 is 85.7 Å². The highest BCUT2D eigenvalue weighted by Crippen LogP contribution is 2.24. The molecule has 1 heterocycles. The Morgan fingerprint density at radius 1 is 0.629 bits per heavy atom. The average Bonchev–Trinajstić information content (AvgIpc) is 2.86. The molecule has 0 amide bonds. The van der Waals surface area contributed by atoms with E-state index in [0.717, 1.165) is 6.61 Å². The van der Waals surface area contributed by atoms with Crippen LogP contribution in [0.1, 0.15) is 0 Å². The Bertz CT molecular complexity index is 583. The molecule has 0 spiro atoms. The van der Waals surface area contributed by atoms with Gasteiger partial charge in [0.2, 0.25) is 0 Å². The fourth-order valence-electron chi connectivity index (χ4n) is 2.95. The summed E-state index contributed by atoms with van der Waals surface area (Å²) in [5, 5.41) is 134. The van der Waals surface area contributed by atoms with E-state index in [1.165, 1.54) is 0 Å². The largest absolute Gasteiger partial charge is 0.394 e. The molecule has 1 saturated heterocycles. The van der Waals surface area contributed by atoms with Crippen molar-refractivity contribution in [3.05, 3.63) is 6.61 Å². The minimum Gasteiger partial charge on any atom is -0.394 e.